The summed E-state index contributed by atoms with van der Waals surface area (Å²) in [5, 5.41) is 4.45. The summed E-state index contributed by atoms with van der Waals surface area (Å²) in [4.78, 5) is 5.07. The minimum atomic E-state index is 0.804. The number of likely N-dealkylation sites (tertiary alicyclic amines) is 1. The minimum Gasteiger partial charge on any atom is -0.497 e. The second kappa shape index (κ2) is 9.90. The van der Waals surface area contributed by atoms with Gasteiger partial charge in [-0.1, -0.05) is 12.1 Å². The largest absolute Gasteiger partial charge is 0.497 e. The maximum Gasteiger partial charge on any atom is 0.118 e. The summed E-state index contributed by atoms with van der Waals surface area (Å²) >= 11 is 0. The molecule has 1 aliphatic heterocycles. The molecular formula is C22H34N4O. The highest BCUT2D eigenvalue weighted by Gasteiger charge is 2.20. The zero-order chi connectivity index (χ0) is 19.1. The van der Waals surface area contributed by atoms with Gasteiger partial charge in [-0.15, -0.1) is 0 Å². The molecule has 3 rings (SSSR count). The Kier molecular flexibility index (Phi) is 7.30. The highest BCUT2D eigenvalue weighted by atomic mass is 16.5. The van der Waals surface area contributed by atoms with Gasteiger partial charge in [-0.05, 0) is 69.9 Å². The van der Waals surface area contributed by atoms with E-state index in [1.807, 2.05) is 10.9 Å². The van der Waals surface area contributed by atoms with Crippen molar-refractivity contribution < 1.29 is 4.74 Å². The van der Waals surface area contributed by atoms with E-state index < -0.39 is 0 Å². The fourth-order valence-electron chi connectivity index (χ4n) is 3.84. The molecule has 0 saturated carbocycles. The fourth-order valence-corrected chi connectivity index (χ4v) is 3.84. The molecule has 1 aromatic heterocycles. The number of methoxy groups -OCH3 is 1. The summed E-state index contributed by atoms with van der Waals surface area (Å²) in [6, 6.07) is 8.48. The molecule has 2 aromatic rings. The Bertz CT molecular complexity index is 674. The van der Waals surface area contributed by atoms with Gasteiger partial charge in [0, 0.05) is 37.9 Å². The van der Waals surface area contributed by atoms with Crippen LogP contribution in [0.2, 0.25) is 0 Å². The summed E-state index contributed by atoms with van der Waals surface area (Å²) in [6.07, 6.45) is 7.90. The molecule has 0 atom stereocenters. The van der Waals surface area contributed by atoms with E-state index in [0.717, 1.165) is 37.7 Å². The molecule has 0 bridgehead atoms. The molecule has 5 nitrogen and oxygen atoms in total. The van der Waals surface area contributed by atoms with Gasteiger partial charge in [-0.25, -0.2) is 0 Å². The van der Waals surface area contributed by atoms with E-state index in [-0.39, 0.29) is 0 Å². The van der Waals surface area contributed by atoms with Crippen LogP contribution in [0.4, 0.5) is 0 Å². The van der Waals surface area contributed by atoms with Crippen LogP contribution in [0.5, 0.6) is 5.75 Å². The van der Waals surface area contributed by atoms with Gasteiger partial charge < -0.3 is 9.64 Å². The topological polar surface area (TPSA) is 33.5 Å². The Labute approximate surface area is 163 Å². The molecule has 5 heteroatoms. The molecule has 0 unspecified atom stereocenters. The summed E-state index contributed by atoms with van der Waals surface area (Å²) in [5.41, 5.74) is 2.69. The lowest BCUT2D eigenvalue weighted by Crippen LogP contribution is -2.37. The molecule has 27 heavy (non-hydrogen) atoms. The van der Waals surface area contributed by atoms with Crippen LogP contribution in [0, 0.1) is 5.92 Å². The van der Waals surface area contributed by atoms with Gasteiger partial charge in [0.05, 0.1) is 13.3 Å². The van der Waals surface area contributed by atoms with Crippen LogP contribution in [0.3, 0.4) is 0 Å². The monoisotopic (exact) mass is 370 g/mol. The molecule has 1 aliphatic rings. The second-order valence-corrected chi connectivity index (χ2v) is 7.78. The van der Waals surface area contributed by atoms with Crippen LogP contribution in [-0.2, 0) is 19.5 Å². The van der Waals surface area contributed by atoms with Crippen LogP contribution in [0.1, 0.15) is 30.9 Å². The molecule has 0 spiro atoms. The Morgan fingerprint density at radius 1 is 1.15 bits per heavy atom. The van der Waals surface area contributed by atoms with E-state index in [0.29, 0.717) is 0 Å². The highest BCUT2D eigenvalue weighted by Crippen LogP contribution is 2.19. The number of hydrogen-bond donors (Lipinski definition) is 0. The maximum atomic E-state index is 5.27. The fraction of sp³-hybridized carbons (Fsp3) is 0.591. The molecule has 1 aromatic carbocycles. The predicted molar refractivity (Wildman–Crippen MR) is 110 cm³/mol. The van der Waals surface area contributed by atoms with E-state index >= 15 is 0 Å². The van der Waals surface area contributed by atoms with Gasteiger partial charge in [0.15, 0.2) is 0 Å². The lowest BCUT2D eigenvalue weighted by molar-refractivity contribution is 0.157. The molecule has 1 saturated heterocycles. The molecule has 0 N–H and O–H groups in total. The van der Waals surface area contributed by atoms with Gasteiger partial charge in [0.1, 0.15) is 5.75 Å². The number of rotatable bonds is 9. The predicted octanol–water partition coefficient (Wildman–Crippen LogP) is 3.30. The van der Waals surface area contributed by atoms with Crippen LogP contribution in [0.25, 0.3) is 0 Å². The van der Waals surface area contributed by atoms with Gasteiger partial charge in [-0.2, -0.15) is 5.10 Å². The van der Waals surface area contributed by atoms with E-state index in [1.165, 1.54) is 43.6 Å². The first-order chi connectivity index (χ1) is 13.2. The SMILES string of the molecule is CCn1cc(CN(CCc2ccc(OC)cc2)CC2CCN(C)CC2)cn1. The molecule has 0 amide bonds. The van der Waals surface area contributed by atoms with Crippen molar-refractivity contribution in [2.45, 2.75) is 39.3 Å². The van der Waals surface area contributed by atoms with Gasteiger partial charge in [0.25, 0.3) is 0 Å². The average molecular weight is 371 g/mol. The maximum absolute atomic E-state index is 5.27. The van der Waals surface area contributed by atoms with Crippen LogP contribution in [-0.4, -0.2) is 59.9 Å². The molecule has 0 aliphatic carbocycles. The van der Waals surface area contributed by atoms with Gasteiger partial charge in [0.2, 0.25) is 0 Å². The number of benzene rings is 1. The van der Waals surface area contributed by atoms with E-state index in [4.69, 9.17) is 4.74 Å². The number of aryl methyl sites for hydroxylation is 1. The first kappa shape index (κ1) is 19.9. The molecule has 2 heterocycles. The van der Waals surface area contributed by atoms with Gasteiger partial charge in [-0.3, -0.25) is 9.58 Å². The van der Waals surface area contributed by atoms with Crippen molar-refractivity contribution in [1.82, 2.24) is 19.6 Å². The quantitative estimate of drug-likeness (QED) is 0.678. The van der Waals surface area contributed by atoms with Crippen molar-refractivity contribution in [2.24, 2.45) is 5.92 Å². The number of piperidine rings is 1. The minimum absolute atomic E-state index is 0.804. The Hall–Kier alpha value is -1.85. The summed E-state index contributed by atoms with van der Waals surface area (Å²) in [5.74, 6) is 1.73. The smallest absolute Gasteiger partial charge is 0.118 e. The first-order valence-corrected chi connectivity index (χ1v) is 10.2. The Morgan fingerprint density at radius 2 is 1.89 bits per heavy atom. The van der Waals surface area contributed by atoms with Crippen molar-refractivity contribution in [3.8, 4) is 5.75 Å². The third-order valence-electron chi connectivity index (χ3n) is 5.65. The lowest BCUT2D eigenvalue weighted by atomic mass is 9.96. The zero-order valence-electron chi connectivity index (χ0n) is 17.1. The molecule has 1 fully saturated rings. The van der Waals surface area contributed by atoms with Crippen molar-refractivity contribution in [2.75, 3.05) is 40.3 Å². The summed E-state index contributed by atoms with van der Waals surface area (Å²) in [6.45, 7) is 8.77. The van der Waals surface area contributed by atoms with Crippen molar-refractivity contribution in [3.63, 3.8) is 0 Å². The average Bonchev–Trinajstić information content (AvgIpc) is 3.16. The van der Waals surface area contributed by atoms with Crippen LogP contribution >= 0.6 is 0 Å². The van der Waals surface area contributed by atoms with E-state index in [1.54, 1.807) is 7.11 Å². The first-order valence-electron chi connectivity index (χ1n) is 10.2. The Morgan fingerprint density at radius 3 is 2.52 bits per heavy atom. The van der Waals surface area contributed by atoms with E-state index in [2.05, 4.69) is 59.3 Å². The summed E-state index contributed by atoms with van der Waals surface area (Å²) < 4.78 is 7.29. The number of hydrogen-bond acceptors (Lipinski definition) is 4. The van der Waals surface area contributed by atoms with Crippen molar-refractivity contribution in [3.05, 3.63) is 47.8 Å². The number of aromatic nitrogens is 2. The third-order valence-corrected chi connectivity index (χ3v) is 5.65. The van der Waals surface area contributed by atoms with Crippen LogP contribution in [0.15, 0.2) is 36.7 Å². The van der Waals surface area contributed by atoms with Gasteiger partial charge >= 0.3 is 0 Å². The molecule has 0 radical (unpaired) electrons. The zero-order valence-corrected chi connectivity index (χ0v) is 17.1. The van der Waals surface area contributed by atoms with Crippen molar-refractivity contribution >= 4 is 0 Å². The van der Waals surface area contributed by atoms with E-state index in [9.17, 15) is 0 Å². The standard InChI is InChI=1S/C22H34N4O/c1-4-26-18-21(15-23-26)17-25(16-20-9-12-24(2)13-10-20)14-11-19-5-7-22(27-3)8-6-19/h5-8,15,18,20H,4,9-14,16-17H2,1-3H3. The summed E-state index contributed by atoms with van der Waals surface area (Å²) in [7, 11) is 3.95. The molecule has 148 valence electrons. The highest BCUT2D eigenvalue weighted by molar-refractivity contribution is 5.27. The Balaban J connectivity index is 1.60. The lowest BCUT2D eigenvalue weighted by Gasteiger charge is -2.33. The second-order valence-electron chi connectivity index (χ2n) is 7.78. The number of nitrogens with zero attached hydrogens (tertiary/aromatic N) is 4. The third kappa shape index (κ3) is 6.08. The number of ether oxygens (including phenoxy) is 1. The van der Waals surface area contributed by atoms with Crippen molar-refractivity contribution in [1.29, 1.82) is 0 Å². The molecular weight excluding hydrogens is 336 g/mol. The van der Waals surface area contributed by atoms with Crippen LogP contribution < -0.4 is 4.74 Å². The normalized spacial score (nSPS) is 16.1.